The first-order valence-electron chi connectivity index (χ1n) is 27.8. The monoisotopic (exact) mass is 1100 g/mol. The second kappa shape index (κ2) is 28.5. The number of hydrogen-bond donors (Lipinski definition) is 4. The Kier molecular flexibility index (Phi) is 21.4. The summed E-state index contributed by atoms with van der Waals surface area (Å²) < 4.78 is 53.6. The minimum atomic E-state index is -1.05. The van der Waals surface area contributed by atoms with Gasteiger partial charge in [-0.2, -0.15) is 0 Å². The molecule has 0 radical (unpaired) electrons. The fourth-order valence-corrected chi connectivity index (χ4v) is 11.0. The maximum absolute atomic E-state index is 14.4. The molecule has 8 rings (SSSR count). The molecule has 3 aromatic carbocycles. The average molecular weight is 1100 g/mol. The van der Waals surface area contributed by atoms with Crippen molar-refractivity contribution < 1.29 is 67.1 Å². The summed E-state index contributed by atoms with van der Waals surface area (Å²) in [5.74, 6) is 6.90. The van der Waals surface area contributed by atoms with Crippen LogP contribution in [-0.2, 0) is 46.4 Å². The number of nitrogens with two attached hydrogens (primary N) is 1. The van der Waals surface area contributed by atoms with Crippen LogP contribution in [0.15, 0.2) is 66.8 Å². The Balaban J connectivity index is 0.997. The van der Waals surface area contributed by atoms with Gasteiger partial charge in [-0.1, -0.05) is 36.1 Å². The summed E-state index contributed by atoms with van der Waals surface area (Å²) in [5, 5.41) is 25.6. The van der Waals surface area contributed by atoms with Crippen LogP contribution < -0.4 is 34.9 Å². The molecule has 5 aliphatic rings. The van der Waals surface area contributed by atoms with Gasteiger partial charge in [0.1, 0.15) is 25.2 Å². The van der Waals surface area contributed by atoms with Gasteiger partial charge in [-0.3, -0.25) is 14.4 Å². The highest BCUT2D eigenvalue weighted by Crippen LogP contribution is 2.44. The van der Waals surface area contributed by atoms with Crippen LogP contribution in [0.1, 0.15) is 88.4 Å². The number of hydrogen-bond acceptors (Lipinski definition) is 17. The zero-order chi connectivity index (χ0) is 56.9. The van der Waals surface area contributed by atoms with E-state index in [1.54, 1.807) is 47.6 Å². The largest absolute Gasteiger partial charge is 0.493 e. The van der Waals surface area contributed by atoms with Crippen molar-refractivity contribution in [3.63, 3.8) is 0 Å². The van der Waals surface area contributed by atoms with E-state index in [1.807, 2.05) is 41.8 Å². The van der Waals surface area contributed by atoms with Gasteiger partial charge in [0.2, 0.25) is 5.91 Å². The van der Waals surface area contributed by atoms with Crippen LogP contribution in [0.4, 0.5) is 11.4 Å². The van der Waals surface area contributed by atoms with Gasteiger partial charge in [-0.25, -0.2) is 0 Å². The van der Waals surface area contributed by atoms with E-state index in [-0.39, 0.29) is 62.6 Å². The number of ether oxygens (including phenoxy) is 9. The number of methoxy groups -OCH3 is 1. The van der Waals surface area contributed by atoms with Crippen molar-refractivity contribution in [1.82, 2.24) is 15.1 Å². The van der Waals surface area contributed by atoms with Crippen LogP contribution in [0, 0.1) is 18.8 Å². The molecule has 3 amide bonds. The van der Waals surface area contributed by atoms with Crippen molar-refractivity contribution in [2.75, 3.05) is 102 Å². The number of rotatable bonds is 26. The third kappa shape index (κ3) is 14.9. The number of anilines is 2. The SMILES string of the molecule is C=C1C[C@H]2[C@H](C)N(B(C)O)c3cc(OCc4cc(C#CCNC(=O)CCOCCOCCOCCOCCN)cc(COc5cc6c(cc5C)C(=O)N5CC(=C)C[C@H]5[C@H](OC5CCCCO5)N6B(C)O)c4)c(OC)cc3C(=O)N2C1. The van der Waals surface area contributed by atoms with Gasteiger partial charge < -0.3 is 83.2 Å². The molecule has 3 fully saturated rings. The zero-order valence-electron chi connectivity index (χ0n) is 47.0. The minimum absolute atomic E-state index is 0.0462. The van der Waals surface area contributed by atoms with E-state index in [1.165, 1.54) is 7.11 Å². The molecule has 22 heteroatoms. The first-order valence-corrected chi connectivity index (χ1v) is 27.8. The van der Waals surface area contributed by atoms with Gasteiger partial charge in [0.25, 0.3) is 11.8 Å². The molecule has 0 aromatic heterocycles. The van der Waals surface area contributed by atoms with Crippen molar-refractivity contribution in [3.8, 4) is 29.1 Å². The molecule has 0 bridgehead atoms. The molecular formula is C58H78B2N6O14. The highest BCUT2D eigenvalue weighted by molar-refractivity contribution is 6.54. The first kappa shape index (κ1) is 60.0. The first-order chi connectivity index (χ1) is 38.6. The third-order valence-corrected chi connectivity index (χ3v) is 14.8. The van der Waals surface area contributed by atoms with Crippen LogP contribution >= 0.6 is 0 Å². The van der Waals surface area contributed by atoms with E-state index >= 15 is 0 Å². The van der Waals surface area contributed by atoms with Crippen molar-refractivity contribution in [1.29, 1.82) is 0 Å². The maximum atomic E-state index is 14.4. The third-order valence-electron chi connectivity index (χ3n) is 14.8. The van der Waals surface area contributed by atoms with E-state index in [0.29, 0.717) is 143 Å². The smallest absolute Gasteiger partial charge is 0.411 e. The van der Waals surface area contributed by atoms with E-state index in [0.717, 1.165) is 35.1 Å². The molecule has 20 nitrogen and oxygen atoms in total. The van der Waals surface area contributed by atoms with Crippen LogP contribution in [0.2, 0.25) is 13.6 Å². The number of carbonyl (C=O) groups excluding carboxylic acids is 3. The number of aryl methyl sites for hydroxylation is 1. The van der Waals surface area contributed by atoms with Crippen molar-refractivity contribution >= 4 is 43.2 Å². The number of amides is 3. The minimum Gasteiger partial charge on any atom is -0.493 e. The van der Waals surface area contributed by atoms with Gasteiger partial charge in [-0.05, 0) is 107 Å². The zero-order valence-corrected chi connectivity index (χ0v) is 47.0. The van der Waals surface area contributed by atoms with Crippen LogP contribution in [-0.4, -0.2) is 175 Å². The van der Waals surface area contributed by atoms with Crippen LogP contribution in [0.3, 0.4) is 0 Å². The summed E-state index contributed by atoms with van der Waals surface area (Å²) in [6.07, 6.45) is 2.65. The molecule has 80 heavy (non-hydrogen) atoms. The fraction of sp³-hybridized carbons (Fsp3) is 0.534. The molecule has 430 valence electrons. The van der Waals surface area contributed by atoms with Crippen LogP contribution in [0.25, 0.3) is 0 Å². The van der Waals surface area contributed by atoms with E-state index in [9.17, 15) is 24.4 Å². The number of fused-ring (bicyclic) bond motifs is 4. The Morgan fingerprint density at radius 1 is 0.762 bits per heavy atom. The van der Waals surface area contributed by atoms with Crippen molar-refractivity contribution in [2.45, 2.75) is 110 Å². The Bertz CT molecular complexity index is 2750. The summed E-state index contributed by atoms with van der Waals surface area (Å²) in [5.41, 5.74) is 11.9. The number of nitrogens with one attached hydrogen (secondary N) is 1. The van der Waals surface area contributed by atoms with Gasteiger partial charge in [0, 0.05) is 67.8 Å². The summed E-state index contributed by atoms with van der Waals surface area (Å²) >= 11 is 0. The number of carbonyl (C=O) groups is 3. The van der Waals surface area contributed by atoms with E-state index < -0.39 is 32.7 Å². The molecular weight excluding hydrogens is 1030 g/mol. The summed E-state index contributed by atoms with van der Waals surface area (Å²) in [4.78, 5) is 48.5. The molecule has 0 saturated carbocycles. The van der Waals surface area contributed by atoms with Crippen molar-refractivity contribution in [3.05, 3.63) is 100 Å². The van der Waals surface area contributed by atoms with E-state index in [4.69, 9.17) is 48.4 Å². The normalized spacial score (nSPS) is 20.5. The van der Waals surface area contributed by atoms with Gasteiger partial charge >= 0.3 is 14.1 Å². The van der Waals surface area contributed by atoms with E-state index in [2.05, 4.69) is 30.3 Å². The predicted octanol–water partition coefficient (Wildman–Crippen LogP) is 4.70. The fourth-order valence-electron chi connectivity index (χ4n) is 11.0. The highest BCUT2D eigenvalue weighted by atomic mass is 16.7. The summed E-state index contributed by atoms with van der Waals surface area (Å²) in [6, 6.07) is 11.9. The lowest BCUT2D eigenvalue weighted by molar-refractivity contribution is -0.194. The van der Waals surface area contributed by atoms with Crippen LogP contribution in [0.5, 0.6) is 17.2 Å². The average Bonchev–Trinajstić information content (AvgIpc) is 4.18. The molecule has 5 atom stereocenters. The second-order valence-corrected chi connectivity index (χ2v) is 20.9. The number of nitrogens with zero attached hydrogens (tertiary/aromatic N) is 4. The quantitative estimate of drug-likeness (QED) is 0.0370. The predicted molar refractivity (Wildman–Crippen MR) is 304 cm³/mol. The highest BCUT2D eigenvalue weighted by Gasteiger charge is 2.48. The van der Waals surface area contributed by atoms with Crippen molar-refractivity contribution in [2.24, 2.45) is 5.73 Å². The molecule has 5 aliphatic heterocycles. The lowest BCUT2D eigenvalue weighted by Gasteiger charge is -2.40. The molecule has 3 aromatic rings. The Morgan fingerprint density at radius 3 is 1.95 bits per heavy atom. The maximum Gasteiger partial charge on any atom is 0.411 e. The molecule has 5 heterocycles. The van der Waals surface area contributed by atoms with Gasteiger partial charge in [-0.15, -0.1) is 0 Å². The second-order valence-electron chi connectivity index (χ2n) is 20.9. The lowest BCUT2D eigenvalue weighted by atomic mass is 9.80. The lowest BCUT2D eigenvalue weighted by Crippen LogP contribution is -2.56. The summed E-state index contributed by atoms with van der Waals surface area (Å²) in [6.45, 7) is 20.9. The molecule has 5 N–H and O–H groups in total. The molecule has 0 aliphatic carbocycles. The Morgan fingerprint density at radius 2 is 1.34 bits per heavy atom. The number of benzene rings is 3. The molecule has 1 unspecified atom stereocenters. The Hall–Kier alpha value is -6.12. The summed E-state index contributed by atoms with van der Waals surface area (Å²) in [7, 11) is -0.461. The Labute approximate surface area is 471 Å². The molecule has 3 saturated heterocycles. The molecule has 0 spiro atoms. The standard InChI is InChI=1S/C58H78B2N6O14/c1-38-25-47-41(4)65(59(5)70)48-33-53(52(72-7)31-46(48)57(69)63(47)34-38)79-37-44-29-42(11-10-15-62-54(67)13-17-73-19-21-75-23-24-76-22-20-74-18-14-61)28-43(30-44)36-78-51-32-49-45(27-40(51)3)56(68)64-35-39(2)26-50(64)58(66(49)60(6)71)80-55-12-8-9-16-77-55/h27-33,41,47,50,55,58,70-71H,1-2,8-9,12-26,34-37,61H2,3-7H3,(H,62,67)/t41-,47-,50-,55?,58-/m0/s1. The van der Waals surface area contributed by atoms with Gasteiger partial charge in [0.15, 0.2) is 17.8 Å². The van der Waals surface area contributed by atoms with Gasteiger partial charge in [0.05, 0.1) is 89.7 Å². The topological polar surface area (TPSA) is 226 Å².